The second-order valence-electron chi connectivity index (χ2n) is 5.13. The molecule has 1 aliphatic rings. The fraction of sp³-hybridized carbons (Fsp3) is 0.538. The minimum absolute atomic E-state index is 0.00306. The Balaban J connectivity index is 2.16. The molecule has 2 rings (SSSR count). The van der Waals surface area contributed by atoms with Gasteiger partial charge in [0.1, 0.15) is 11.5 Å². The van der Waals surface area contributed by atoms with Crippen LogP contribution in [0.15, 0.2) is 18.2 Å². The molecule has 1 heterocycles. The minimum atomic E-state index is 0.00306. The second kappa shape index (κ2) is 5.35. The van der Waals surface area contributed by atoms with Crippen molar-refractivity contribution in [2.45, 2.75) is 32.7 Å². The molecular weight excluding hydrogens is 228 g/mol. The molecule has 18 heavy (non-hydrogen) atoms. The van der Waals surface area contributed by atoms with Crippen molar-refractivity contribution in [1.29, 1.82) is 0 Å². The second-order valence-corrected chi connectivity index (χ2v) is 5.13. The SMILES string of the molecule is CC(C)CN(C(=O)c1cccc(NN)n1)C1CC1. The fourth-order valence-electron chi connectivity index (χ4n) is 1.96. The zero-order valence-electron chi connectivity index (χ0n) is 10.9. The van der Waals surface area contributed by atoms with Crippen molar-refractivity contribution in [1.82, 2.24) is 9.88 Å². The highest BCUT2D eigenvalue weighted by molar-refractivity contribution is 5.93. The van der Waals surface area contributed by atoms with Crippen LogP contribution in [0, 0.1) is 5.92 Å². The minimum Gasteiger partial charge on any atom is -0.334 e. The van der Waals surface area contributed by atoms with Crippen LogP contribution >= 0.6 is 0 Å². The zero-order chi connectivity index (χ0) is 13.1. The van der Waals surface area contributed by atoms with Gasteiger partial charge >= 0.3 is 0 Å². The summed E-state index contributed by atoms with van der Waals surface area (Å²) < 4.78 is 0. The predicted molar refractivity (Wildman–Crippen MR) is 70.9 cm³/mol. The first kappa shape index (κ1) is 12.8. The average molecular weight is 248 g/mol. The van der Waals surface area contributed by atoms with Crippen molar-refractivity contribution in [2.75, 3.05) is 12.0 Å². The van der Waals surface area contributed by atoms with Gasteiger partial charge in [0.05, 0.1) is 0 Å². The largest absolute Gasteiger partial charge is 0.334 e. The quantitative estimate of drug-likeness (QED) is 0.613. The van der Waals surface area contributed by atoms with E-state index in [2.05, 4.69) is 24.3 Å². The molecule has 5 nitrogen and oxygen atoms in total. The van der Waals surface area contributed by atoms with E-state index in [0.717, 1.165) is 19.4 Å². The van der Waals surface area contributed by atoms with E-state index in [0.29, 0.717) is 23.5 Å². The van der Waals surface area contributed by atoms with Crippen LogP contribution in [0.2, 0.25) is 0 Å². The number of aromatic nitrogens is 1. The van der Waals surface area contributed by atoms with Crippen molar-refractivity contribution in [3.05, 3.63) is 23.9 Å². The Morgan fingerprint density at radius 3 is 2.83 bits per heavy atom. The number of carbonyl (C=O) groups is 1. The van der Waals surface area contributed by atoms with Crippen LogP contribution in [0.3, 0.4) is 0 Å². The van der Waals surface area contributed by atoms with Gasteiger partial charge in [0.2, 0.25) is 0 Å². The smallest absolute Gasteiger partial charge is 0.272 e. The maximum Gasteiger partial charge on any atom is 0.272 e. The highest BCUT2D eigenvalue weighted by atomic mass is 16.2. The number of nitrogens with zero attached hydrogens (tertiary/aromatic N) is 2. The van der Waals surface area contributed by atoms with E-state index in [1.165, 1.54) is 0 Å². The van der Waals surface area contributed by atoms with E-state index in [1.807, 2.05) is 4.90 Å². The molecule has 0 radical (unpaired) electrons. The lowest BCUT2D eigenvalue weighted by Crippen LogP contribution is -2.36. The molecule has 1 amide bonds. The van der Waals surface area contributed by atoms with E-state index >= 15 is 0 Å². The number of hydrogen-bond donors (Lipinski definition) is 2. The third-order valence-corrected chi connectivity index (χ3v) is 2.93. The summed E-state index contributed by atoms with van der Waals surface area (Å²) in [4.78, 5) is 18.6. The van der Waals surface area contributed by atoms with Crippen molar-refractivity contribution in [2.24, 2.45) is 11.8 Å². The Labute approximate surface area is 107 Å². The van der Waals surface area contributed by atoms with Crippen LogP contribution in [0.5, 0.6) is 0 Å². The molecule has 1 aromatic heterocycles. The van der Waals surface area contributed by atoms with Crippen molar-refractivity contribution >= 4 is 11.7 Å². The molecule has 1 aromatic rings. The number of rotatable bonds is 5. The number of nitrogens with two attached hydrogens (primary N) is 1. The average Bonchev–Trinajstić information content (AvgIpc) is 3.19. The first-order chi connectivity index (χ1) is 8.61. The molecule has 0 aliphatic heterocycles. The molecule has 0 atom stereocenters. The van der Waals surface area contributed by atoms with Crippen molar-refractivity contribution in [3.8, 4) is 0 Å². The number of hydrogen-bond acceptors (Lipinski definition) is 4. The van der Waals surface area contributed by atoms with E-state index in [9.17, 15) is 4.79 Å². The summed E-state index contributed by atoms with van der Waals surface area (Å²) in [5.41, 5.74) is 2.92. The van der Waals surface area contributed by atoms with Crippen molar-refractivity contribution < 1.29 is 4.79 Å². The normalized spacial score (nSPS) is 14.7. The first-order valence-corrected chi connectivity index (χ1v) is 6.36. The Kier molecular flexibility index (Phi) is 3.81. The van der Waals surface area contributed by atoms with Gasteiger partial charge in [-0.2, -0.15) is 0 Å². The van der Waals surface area contributed by atoms with Crippen LogP contribution in [0.1, 0.15) is 37.2 Å². The lowest BCUT2D eigenvalue weighted by molar-refractivity contribution is 0.0716. The lowest BCUT2D eigenvalue weighted by atomic mass is 10.2. The molecule has 0 unspecified atom stereocenters. The maximum absolute atomic E-state index is 12.4. The van der Waals surface area contributed by atoms with Crippen LogP contribution in [0.4, 0.5) is 5.82 Å². The molecule has 0 spiro atoms. The monoisotopic (exact) mass is 248 g/mol. The summed E-state index contributed by atoms with van der Waals surface area (Å²) >= 11 is 0. The van der Waals surface area contributed by atoms with Gasteiger partial charge in [-0.25, -0.2) is 10.8 Å². The van der Waals surface area contributed by atoms with Gasteiger partial charge in [-0.05, 0) is 30.9 Å². The van der Waals surface area contributed by atoms with E-state index in [4.69, 9.17) is 5.84 Å². The summed E-state index contributed by atoms with van der Waals surface area (Å²) in [6, 6.07) is 5.66. The van der Waals surface area contributed by atoms with Crippen LogP contribution < -0.4 is 11.3 Å². The number of pyridine rings is 1. The Morgan fingerprint density at radius 1 is 1.56 bits per heavy atom. The molecular formula is C13H20N4O. The highest BCUT2D eigenvalue weighted by Gasteiger charge is 2.33. The topological polar surface area (TPSA) is 71.2 Å². The molecule has 5 heteroatoms. The number of anilines is 1. The Bertz CT molecular complexity index is 429. The molecule has 1 aliphatic carbocycles. The number of hydrazine groups is 1. The molecule has 0 saturated heterocycles. The van der Waals surface area contributed by atoms with Gasteiger partial charge in [0, 0.05) is 12.6 Å². The van der Waals surface area contributed by atoms with E-state index in [-0.39, 0.29) is 5.91 Å². The Hall–Kier alpha value is -1.62. The number of nitrogen functional groups attached to an aromatic ring is 1. The number of nitrogens with one attached hydrogen (secondary N) is 1. The first-order valence-electron chi connectivity index (χ1n) is 6.36. The molecule has 1 saturated carbocycles. The van der Waals surface area contributed by atoms with Crippen molar-refractivity contribution in [3.63, 3.8) is 0 Å². The summed E-state index contributed by atoms with van der Waals surface area (Å²) in [6.45, 7) is 5.02. The Morgan fingerprint density at radius 2 is 2.28 bits per heavy atom. The van der Waals surface area contributed by atoms with Gasteiger partial charge in [-0.3, -0.25) is 4.79 Å². The van der Waals surface area contributed by atoms with Gasteiger partial charge in [0.25, 0.3) is 5.91 Å². The summed E-state index contributed by atoms with van der Waals surface area (Å²) in [7, 11) is 0. The van der Waals surface area contributed by atoms with Gasteiger partial charge in [-0.15, -0.1) is 0 Å². The third kappa shape index (κ3) is 2.98. The predicted octanol–water partition coefficient (Wildman–Crippen LogP) is 1.63. The highest BCUT2D eigenvalue weighted by Crippen LogP contribution is 2.28. The van der Waals surface area contributed by atoms with Gasteiger partial charge < -0.3 is 10.3 Å². The lowest BCUT2D eigenvalue weighted by Gasteiger charge is -2.24. The summed E-state index contributed by atoms with van der Waals surface area (Å²) in [5.74, 6) is 6.29. The van der Waals surface area contributed by atoms with Gasteiger partial charge in [0.15, 0.2) is 0 Å². The zero-order valence-corrected chi connectivity index (χ0v) is 10.9. The molecule has 0 bridgehead atoms. The number of carbonyl (C=O) groups excluding carboxylic acids is 1. The number of amides is 1. The molecule has 1 fully saturated rings. The fourth-order valence-corrected chi connectivity index (χ4v) is 1.96. The van der Waals surface area contributed by atoms with Gasteiger partial charge in [-0.1, -0.05) is 19.9 Å². The standard InChI is InChI=1S/C13H20N4O/c1-9(2)8-17(10-6-7-10)13(18)11-4-3-5-12(15-11)16-14/h3-5,9-10H,6-8,14H2,1-2H3,(H,15,16). The van der Waals surface area contributed by atoms with Crippen LogP contribution in [-0.4, -0.2) is 28.4 Å². The maximum atomic E-state index is 12.4. The molecule has 98 valence electrons. The van der Waals surface area contributed by atoms with Crippen LogP contribution in [0.25, 0.3) is 0 Å². The molecule has 0 aromatic carbocycles. The summed E-state index contributed by atoms with van der Waals surface area (Å²) in [5, 5.41) is 0. The third-order valence-electron chi connectivity index (χ3n) is 2.93. The van der Waals surface area contributed by atoms with E-state index < -0.39 is 0 Å². The molecule has 3 N–H and O–H groups in total. The van der Waals surface area contributed by atoms with E-state index in [1.54, 1.807) is 18.2 Å². The van der Waals surface area contributed by atoms with Crippen LogP contribution in [-0.2, 0) is 0 Å². The summed E-state index contributed by atoms with van der Waals surface area (Å²) in [6.07, 6.45) is 2.21.